The average Bonchev–Trinajstić information content (AvgIpc) is 2.71. The maximum absolute atomic E-state index is 6.02. The number of aryl methyl sites for hydroxylation is 1. The summed E-state index contributed by atoms with van der Waals surface area (Å²) >= 11 is 6.02. The molecule has 84 valence electrons. The molecule has 16 heavy (non-hydrogen) atoms. The van der Waals surface area contributed by atoms with Crippen LogP contribution in [0.15, 0.2) is 22.6 Å². The number of aromatic nitrogens is 2. The fraction of sp³-hybridized carbons (Fsp3) is 0.273. The third kappa shape index (κ3) is 2.08. The summed E-state index contributed by atoms with van der Waals surface area (Å²) in [6.45, 7) is 3.73. The highest BCUT2D eigenvalue weighted by atomic mass is 35.5. The zero-order chi connectivity index (χ0) is 11.7. The van der Waals surface area contributed by atoms with Gasteiger partial charge in [-0.1, -0.05) is 17.7 Å². The minimum atomic E-state index is -0.262. The minimum Gasteiger partial charge on any atom is -0.419 e. The Labute approximate surface area is 98.4 Å². The maximum Gasteiger partial charge on any atom is 0.247 e. The van der Waals surface area contributed by atoms with Crippen molar-refractivity contribution in [1.82, 2.24) is 10.2 Å². The number of halogens is 1. The number of hydrogen-bond acceptors (Lipinski definition) is 4. The molecule has 0 saturated heterocycles. The quantitative estimate of drug-likeness (QED) is 0.872. The normalized spacial score (nSPS) is 12.8. The van der Waals surface area contributed by atoms with E-state index in [1.807, 2.05) is 19.1 Å². The second-order valence-corrected chi connectivity index (χ2v) is 4.11. The molecule has 1 heterocycles. The number of benzene rings is 1. The molecular weight excluding hydrogens is 226 g/mol. The van der Waals surface area contributed by atoms with E-state index >= 15 is 0 Å². The first-order chi connectivity index (χ1) is 7.58. The second-order valence-electron chi connectivity index (χ2n) is 3.70. The van der Waals surface area contributed by atoms with Crippen molar-refractivity contribution in [3.63, 3.8) is 0 Å². The Morgan fingerprint density at radius 1 is 1.38 bits per heavy atom. The zero-order valence-corrected chi connectivity index (χ0v) is 9.82. The molecule has 0 radical (unpaired) electrons. The van der Waals surface area contributed by atoms with E-state index in [2.05, 4.69) is 10.2 Å². The van der Waals surface area contributed by atoms with Gasteiger partial charge in [0.1, 0.15) is 0 Å². The van der Waals surface area contributed by atoms with E-state index in [1.54, 1.807) is 13.0 Å². The highest BCUT2D eigenvalue weighted by Crippen LogP contribution is 2.25. The lowest BCUT2D eigenvalue weighted by molar-refractivity contribution is 0.473. The van der Waals surface area contributed by atoms with Gasteiger partial charge in [-0.15, -0.1) is 10.2 Å². The number of rotatable bonds is 2. The van der Waals surface area contributed by atoms with Gasteiger partial charge in [0.05, 0.1) is 6.04 Å². The first-order valence-electron chi connectivity index (χ1n) is 4.93. The summed E-state index contributed by atoms with van der Waals surface area (Å²) in [6.07, 6.45) is 0. The SMILES string of the molecule is Cc1ccc(-c2nnc(C(C)N)o2)cc1Cl. The van der Waals surface area contributed by atoms with Gasteiger partial charge in [-0.3, -0.25) is 0 Å². The van der Waals surface area contributed by atoms with Gasteiger partial charge in [0.15, 0.2) is 0 Å². The summed E-state index contributed by atoms with van der Waals surface area (Å²) in [5.74, 6) is 0.862. The monoisotopic (exact) mass is 237 g/mol. The maximum atomic E-state index is 6.02. The zero-order valence-electron chi connectivity index (χ0n) is 9.07. The molecule has 2 aromatic rings. The predicted molar refractivity (Wildman–Crippen MR) is 62.1 cm³/mol. The van der Waals surface area contributed by atoms with Crippen molar-refractivity contribution < 1.29 is 4.42 Å². The van der Waals surface area contributed by atoms with E-state index in [9.17, 15) is 0 Å². The van der Waals surface area contributed by atoms with Crippen molar-refractivity contribution in [3.05, 3.63) is 34.7 Å². The van der Waals surface area contributed by atoms with E-state index in [0.717, 1.165) is 11.1 Å². The molecule has 0 saturated carbocycles. The molecule has 0 aliphatic heterocycles. The number of hydrogen-bond donors (Lipinski definition) is 1. The molecule has 0 fully saturated rings. The van der Waals surface area contributed by atoms with Crippen molar-refractivity contribution in [2.24, 2.45) is 5.73 Å². The van der Waals surface area contributed by atoms with E-state index in [1.165, 1.54) is 0 Å². The lowest BCUT2D eigenvalue weighted by Gasteiger charge is -1.99. The van der Waals surface area contributed by atoms with Gasteiger partial charge in [0, 0.05) is 10.6 Å². The molecule has 0 aliphatic carbocycles. The van der Waals surface area contributed by atoms with Crippen LogP contribution in [0.3, 0.4) is 0 Å². The highest BCUT2D eigenvalue weighted by molar-refractivity contribution is 6.31. The topological polar surface area (TPSA) is 64.9 Å². The fourth-order valence-corrected chi connectivity index (χ4v) is 1.44. The summed E-state index contributed by atoms with van der Waals surface area (Å²) in [7, 11) is 0. The van der Waals surface area contributed by atoms with Gasteiger partial charge in [-0.25, -0.2) is 0 Å². The molecule has 2 rings (SSSR count). The molecule has 0 aliphatic rings. The summed E-state index contributed by atoms with van der Waals surface area (Å²) in [6, 6.07) is 5.34. The third-order valence-electron chi connectivity index (χ3n) is 2.25. The average molecular weight is 238 g/mol. The first-order valence-corrected chi connectivity index (χ1v) is 5.31. The first kappa shape index (κ1) is 11.1. The molecule has 0 bridgehead atoms. The van der Waals surface area contributed by atoms with Crippen molar-refractivity contribution in [2.45, 2.75) is 19.9 Å². The van der Waals surface area contributed by atoms with Crippen LogP contribution in [0.1, 0.15) is 24.4 Å². The van der Waals surface area contributed by atoms with Gasteiger partial charge in [-0.2, -0.15) is 0 Å². The van der Waals surface area contributed by atoms with Gasteiger partial charge < -0.3 is 10.2 Å². The van der Waals surface area contributed by atoms with E-state index < -0.39 is 0 Å². The summed E-state index contributed by atoms with van der Waals surface area (Å²) in [4.78, 5) is 0. The molecule has 1 aromatic carbocycles. The van der Waals surface area contributed by atoms with Gasteiger partial charge >= 0.3 is 0 Å². The molecule has 0 amide bonds. The predicted octanol–water partition coefficient (Wildman–Crippen LogP) is 2.72. The summed E-state index contributed by atoms with van der Waals surface area (Å²) in [5, 5.41) is 8.46. The van der Waals surface area contributed by atoms with Crippen molar-refractivity contribution in [2.75, 3.05) is 0 Å². The van der Waals surface area contributed by atoms with Crippen LogP contribution in [0.4, 0.5) is 0 Å². The van der Waals surface area contributed by atoms with Crippen LogP contribution in [0.5, 0.6) is 0 Å². The molecule has 1 unspecified atom stereocenters. The van der Waals surface area contributed by atoms with Crippen LogP contribution < -0.4 is 5.73 Å². The second kappa shape index (κ2) is 4.23. The largest absolute Gasteiger partial charge is 0.419 e. The highest BCUT2D eigenvalue weighted by Gasteiger charge is 2.12. The van der Waals surface area contributed by atoms with Crippen molar-refractivity contribution in [1.29, 1.82) is 0 Å². The molecule has 5 heteroatoms. The van der Waals surface area contributed by atoms with Crippen LogP contribution in [0.25, 0.3) is 11.5 Å². The van der Waals surface area contributed by atoms with Gasteiger partial charge in [-0.05, 0) is 31.5 Å². The van der Waals surface area contributed by atoms with Crippen LogP contribution >= 0.6 is 11.6 Å². The number of nitrogens with zero attached hydrogens (tertiary/aromatic N) is 2. The molecule has 1 atom stereocenters. The Balaban J connectivity index is 2.39. The fourth-order valence-electron chi connectivity index (χ4n) is 1.26. The van der Waals surface area contributed by atoms with Crippen LogP contribution in [0, 0.1) is 6.92 Å². The molecule has 4 nitrogen and oxygen atoms in total. The van der Waals surface area contributed by atoms with Crippen LogP contribution in [-0.2, 0) is 0 Å². The molecular formula is C11H12ClN3O. The van der Waals surface area contributed by atoms with Crippen molar-refractivity contribution >= 4 is 11.6 Å². The Bertz CT molecular complexity index is 508. The summed E-state index contributed by atoms with van der Waals surface area (Å²) < 4.78 is 5.42. The smallest absolute Gasteiger partial charge is 0.247 e. The molecule has 1 aromatic heterocycles. The van der Waals surface area contributed by atoms with Crippen LogP contribution in [0.2, 0.25) is 5.02 Å². The Kier molecular flexibility index (Phi) is 2.94. The Hall–Kier alpha value is -1.39. The summed E-state index contributed by atoms with van der Waals surface area (Å²) in [5.41, 5.74) is 7.45. The standard InChI is InChI=1S/C11H12ClN3O/c1-6-3-4-8(5-9(6)12)11-15-14-10(16-11)7(2)13/h3-5,7H,13H2,1-2H3. The lowest BCUT2D eigenvalue weighted by atomic mass is 10.1. The third-order valence-corrected chi connectivity index (χ3v) is 2.66. The Morgan fingerprint density at radius 3 is 2.69 bits per heavy atom. The van der Waals surface area contributed by atoms with Crippen molar-refractivity contribution in [3.8, 4) is 11.5 Å². The van der Waals surface area contributed by atoms with E-state index in [4.69, 9.17) is 21.8 Å². The lowest BCUT2D eigenvalue weighted by Crippen LogP contribution is -2.04. The van der Waals surface area contributed by atoms with Gasteiger partial charge in [0.2, 0.25) is 11.8 Å². The van der Waals surface area contributed by atoms with Crippen LogP contribution in [-0.4, -0.2) is 10.2 Å². The minimum absolute atomic E-state index is 0.262. The van der Waals surface area contributed by atoms with E-state index in [-0.39, 0.29) is 6.04 Å². The molecule has 2 N–H and O–H groups in total. The van der Waals surface area contributed by atoms with Gasteiger partial charge in [0.25, 0.3) is 0 Å². The Morgan fingerprint density at radius 2 is 2.12 bits per heavy atom. The number of nitrogens with two attached hydrogens (primary N) is 1. The molecule has 0 spiro atoms. The van der Waals surface area contributed by atoms with E-state index in [0.29, 0.717) is 16.8 Å².